The van der Waals surface area contributed by atoms with Gasteiger partial charge in [-0.05, 0) is 19.8 Å². The highest BCUT2D eigenvalue weighted by molar-refractivity contribution is 5.81. The monoisotopic (exact) mass is 124 g/mol. The van der Waals surface area contributed by atoms with E-state index in [1.165, 1.54) is 0 Å². The fourth-order valence-electron chi connectivity index (χ4n) is 0.757. The van der Waals surface area contributed by atoms with Crippen molar-refractivity contribution < 1.29 is 9.90 Å². The summed E-state index contributed by atoms with van der Waals surface area (Å²) in [6.45, 7) is 1.67. The van der Waals surface area contributed by atoms with E-state index in [1.54, 1.807) is 6.92 Å². The Hall–Kier alpha value is -0.970. The third-order valence-electron chi connectivity index (χ3n) is 1.52. The molecule has 0 bridgehead atoms. The third-order valence-corrected chi connectivity index (χ3v) is 1.52. The van der Waals surface area contributed by atoms with E-state index >= 15 is 0 Å². The Morgan fingerprint density at radius 3 is 2.33 bits per heavy atom. The first-order valence-electron chi connectivity index (χ1n) is 2.88. The molecule has 2 nitrogen and oxygen atoms in total. The average molecular weight is 124 g/mol. The number of aliphatic carboxylic acids is 1. The molecule has 1 saturated carbocycles. The molecule has 1 rings (SSSR count). The van der Waals surface area contributed by atoms with Crippen LogP contribution in [0.4, 0.5) is 0 Å². The maximum Gasteiger partial charge on any atom is 0.321 e. The quantitative estimate of drug-likeness (QED) is 0.527. The largest absolute Gasteiger partial charge is 0.480 e. The Kier molecular flexibility index (Phi) is 1.21. The third kappa shape index (κ3) is 0.904. The zero-order valence-corrected chi connectivity index (χ0v) is 5.27. The van der Waals surface area contributed by atoms with Gasteiger partial charge in [0.1, 0.15) is 5.41 Å². The van der Waals surface area contributed by atoms with Gasteiger partial charge < -0.3 is 5.11 Å². The van der Waals surface area contributed by atoms with Crippen molar-refractivity contribution in [2.75, 3.05) is 0 Å². The van der Waals surface area contributed by atoms with Crippen LogP contribution in [0.5, 0.6) is 0 Å². The van der Waals surface area contributed by atoms with Crippen molar-refractivity contribution in [3.05, 3.63) is 0 Å². The van der Waals surface area contributed by atoms with Crippen LogP contribution in [0.1, 0.15) is 19.8 Å². The first-order valence-corrected chi connectivity index (χ1v) is 2.88. The Morgan fingerprint density at radius 1 is 1.67 bits per heavy atom. The predicted molar refractivity (Wildman–Crippen MR) is 32.8 cm³/mol. The molecule has 1 N–H and O–H groups in total. The number of carboxylic acids is 1. The second-order valence-electron chi connectivity index (χ2n) is 2.26. The summed E-state index contributed by atoms with van der Waals surface area (Å²) in [4.78, 5) is 10.4. The van der Waals surface area contributed by atoms with Gasteiger partial charge >= 0.3 is 5.97 Å². The number of carbonyl (C=O) groups is 1. The molecule has 0 spiro atoms. The van der Waals surface area contributed by atoms with E-state index in [2.05, 4.69) is 11.8 Å². The molecule has 0 heterocycles. The molecule has 0 aromatic heterocycles. The van der Waals surface area contributed by atoms with Gasteiger partial charge in [-0.25, -0.2) is 0 Å². The molecule has 1 aliphatic rings. The number of hydrogen-bond donors (Lipinski definition) is 1. The molecule has 0 atom stereocenters. The summed E-state index contributed by atoms with van der Waals surface area (Å²) in [5.74, 6) is 4.54. The first-order chi connectivity index (χ1) is 4.21. The molecule has 9 heavy (non-hydrogen) atoms. The van der Waals surface area contributed by atoms with E-state index in [4.69, 9.17) is 5.11 Å². The summed E-state index contributed by atoms with van der Waals surface area (Å²) in [7, 11) is 0. The van der Waals surface area contributed by atoms with E-state index in [-0.39, 0.29) is 0 Å². The second-order valence-corrected chi connectivity index (χ2v) is 2.26. The fourth-order valence-corrected chi connectivity index (χ4v) is 0.757. The van der Waals surface area contributed by atoms with Crippen molar-refractivity contribution in [3.8, 4) is 11.8 Å². The molecule has 48 valence electrons. The van der Waals surface area contributed by atoms with Gasteiger partial charge in [0.15, 0.2) is 0 Å². The van der Waals surface area contributed by atoms with Crippen LogP contribution < -0.4 is 0 Å². The summed E-state index contributed by atoms with van der Waals surface area (Å²) in [6.07, 6.45) is 1.45. The minimum atomic E-state index is -0.767. The normalized spacial score (nSPS) is 19.7. The Morgan fingerprint density at radius 2 is 2.22 bits per heavy atom. The molecular formula is C7H8O2. The Balaban J connectivity index is 2.71. The van der Waals surface area contributed by atoms with E-state index in [9.17, 15) is 4.79 Å². The van der Waals surface area contributed by atoms with Crippen molar-refractivity contribution in [2.45, 2.75) is 19.8 Å². The molecular weight excluding hydrogens is 116 g/mol. The van der Waals surface area contributed by atoms with Gasteiger partial charge in [-0.15, -0.1) is 5.92 Å². The van der Waals surface area contributed by atoms with Gasteiger partial charge in [-0.2, -0.15) is 0 Å². The number of rotatable bonds is 1. The lowest BCUT2D eigenvalue weighted by Gasteiger charge is -1.95. The highest BCUT2D eigenvalue weighted by Crippen LogP contribution is 2.44. The zero-order valence-electron chi connectivity index (χ0n) is 5.27. The van der Waals surface area contributed by atoms with Gasteiger partial charge in [0.25, 0.3) is 0 Å². The minimum Gasteiger partial charge on any atom is -0.480 e. The lowest BCUT2D eigenvalue weighted by atomic mass is 10.1. The summed E-state index contributed by atoms with van der Waals surface area (Å²) >= 11 is 0. The van der Waals surface area contributed by atoms with Crippen molar-refractivity contribution in [1.29, 1.82) is 0 Å². The van der Waals surface area contributed by atoms with Crippen LogP contribution in [0.25, 0.3) is 0 Å². The molecule has 2 heteroatoms. The molecule has 0 aromatic rings. The van der Waals surface area contributed by atoms with Crippen LogP contribution in [0.2, 0.25) is 0 Å². The summed E-state index contributed by atoms with van der Waals surface area (Å²) in [6, 6.07) is 0. The van der Waals surface area contributed by atoms with Crippen LogP contribution in [-0.2, 0) is 4.79 Å². The van der Waals surface area contributed by atoms with Crippen LogP contribution in [0.15, 0.2) is 0 Å². The average Bonchev–Trinajstić information content (AvgIpc) is 2.49. The SMILES string of the molecule is CC#CC1(C(=O)O)CC1. The molecule has 0 amide bonds. The van der Waals surface area contributed by atoms with Crippen molar-refractivity contribution >= 4 is 5.97 Å². The van der Waals surface area contributed by atoms with Gasteiger partial charge in [0.2, 0.25) is 0 Å². The Bertz CT molecular complexity index is 191. The van der Waals surface area contributed by atoms with E-state index < -0.39 is 11.4 Å². The lowest BCUT2D eigenvalue weighted by Crippen LogP contribution is -2.11. The predicted octanol–water partition coefficient (Wildman–Crippen LogP) is 0.875. The molecule has 0 unspecified atom stereocenters. The smallest absolute Gasteiger partial charge is 0.321 e. The zero-order chi connectivity index (χ0) is 6.91. The maximum absolute atomic E-state index is 10.4. The van der Waals surface area contributed by atoms with Gasteiger partial charge in [-0.3, -0.25) is 4.79 Å². The topological polar surface area (TPSA) is 37.3 Å². The van der Waals surface area contributed by atoms with Gasteiger partial charge in [0, 0.05) is 0 Å². The summed E-state index contributed by atoms with van der Waals surface area (Å²) < 4.78 is 0. The summed E-state index contributed by atoms with van der Waals surface area (Å²) in [5, 5.41) is 8.53. The van der Waals surface area contributed by atoms with Crippen molar-refractivity contribution in [1.82, 2.24) is 0 Å². The molecule has 0 aliphatic heterocycles. The van der Waals surface area contributed by atoms with Crippen LogP contribution in [0.3, 0.4) is 0 Å². The highest BCUT2D eigenvalue weighted by atomic mass is 16.4. The number of hydrogen-bond acceptors (Lipinski definition) is 1. The molecule has 0 saturated heterocycles. The Labute approximate surface area is 53.9 Å². The summed E-state index contributed by atoms with van der Waals surface area (Å²) in [5.41, 5.74) is -0.644. The molecule has 1 aliphatic carbocycles. The van der Waals surface area contributed by atoms with Gasteiger partial charge in [-0.1, -0.05) is 5.92 Å². The van der Waals surface area contributed by atoms with E-state index in [0.29, 0.717) is 0 Å². The first kappa shape index (κ1) is 6.15. The van der Waals surface area contributed by atoms with Crippen molar-refractivity contribution in [2.24, 2.45) is 5.41 Å². The fraction of sp³-hybridized carbons (Fsp3) is 0.571. The maximum atomic E-state index is 10.4. The van der Waals surface area contributed by atoms with Crippen LogP contribution in [-0.4, -0.2) is 11.1 Å². The second kappa shape index (κ2) is 1.77. The van der Waals surface area contributed by atoms with Crippen LogP contribution in [0, 0.1) is 17.3 Å². The molecule has 0 aromatic carbocycles. The minimum absolute atomic E-state index is 0.644. The number of carboxylic acid groups (broad SMARTS) is 1. The molecule has 0 radical (unpaired) electrons. The van der Waals surface area contributed by atoms with E-state index in [0.717, 1.165) is 12.8 Å². The standard InChI is InChI=1S/C7H8O2/c1-2-3-7(4-5-7)6(8)9/h4-5H2,1H3,(H,8,9). The van der Waals surface area contributed by atoms with Gasteiger partial charge in [0.05, 0.1) is 0 Å². The van der Waals surface area contributed by atoms with Crippen LogP contribution >= 0.6 is 0 Å². The lowest BCUT2D eigenvalue weighted by molar-refractivity contribution is -0.141. The van der Waals surface area contributed by atoms with E-state index in [1.807, 2.05) is 0 Å². The highest BCUT2D eigenvalue weighted by Gasteiger charge is 2.48. The van der Waals surface area contributed by atoms with Crippen molar-refractivity contribution in [3.63, 3.8) is 0 Å². The molecule has 1 fully saturated rings.